The molecule has 1 aromatic rings. The first-order valence-electron chi connectivity index (χ1n) is 8.18. The number of anilines is 1. The number of nitrogens with two attached hydrogens (primary N) is 2. The van der Waals surface area contributed by atoms with Gasteiger partial charge in [-0.15, -0.1) is 0 Å². The summed E-state index contributed by atoms with van der Waals surface area (Å²) in [6, 6.07) is 0. The van der Waals surface area contributed by atoms with Crippen LogP contribution in [0.1, 0.15) is 34.6 Å². The summed E-state index contributed by atoms with van der Waals surface area (Å²) in [4.78, 5) is 21.0. The molecule has 0 saturated heterocycles. The molecule has 1 heterocycles. The summed E-state index contributed by atoms with van der Waals surface area (Å²) >= 11 is 0. The van der Waals surface area contributed by atoms with E-state index in [1.165, 1.54) is 12.4 Å². The lowest BCUT2D eigenvalue weighted by Crippen LogP contribution is -2.18. The number of hydrogen-bond donors (Lipinski definition) is 3. The largest absolute Gasteiger partial charge is 0.474 e. The van der Waals surface area contributed by atoms with E-state index in [0.29, 0.717) is 28.7 Å². The van der Waals surface area contributed by atoms with Crippen molar-refractivity contribution in [2.24, 2.45) is 11.5 Å². The molecule has 0 bridgehead atoms. The second kappa shape index (κ2) is 9.41. The van der Waals surface area contributed by atoms with E-state index in [4.69, 9.17) is 16.2 Å². The molecule has 0 aliphatic carbocycles. The summed E-state index contributed by atoms with van der Waals surface area (Å²) in [5.74, 6) is 0.449. The highest BCUT2D eigenvalue weighted by Gasteiger charge is 2.15. The fourth-order valence-corrected chi connectivity index (χ4v) is 1.80. The lowest BCUT2D eigenvalue weighted by Gasteiger charge is -2.13. The molecule has 26 heavy (non-hydrogen) atoms. The number of ether oxygens (including phenoxy) is 1. The van der Waals surface area contributed by atoms with Crippen LogP contribution in [0.2, 0.25) is 0 Å². The third-order valence-electron chi connectivity index (χ3n) is 3.21. The minimum atomic E-state index is -0.271. The van der Waals surface area contributed by atoms with E-state index in [1.807, 2.05) is 13.8 Å². The second-order valence-electron chi connectivity index (χ2n) is 6.17. The molecule has 0 aliphatic rings. The average molecular weight is 357 g/mol. The number of nitrogens with one attached hydrogen (secondary N) is 1. The quantitative estimate of drug-likeness (QED) is 0.484. The van der Waals surface area contributed by atoms with Crippen molar-refractivity contribution in [3.05, 3.63) is 59.4 Å². The fraction of sp³-hybridized carbons (Fsp3) is 0.316. The van der Waals surface area contributed by atoms with E-state index in [-0.39, 0.29) is 17.6 Å². The smallest absolute Gasteiger partial charge is 0.234 e. The van der Waals surface area contributed by atoms with Crippen LogP contribution in [0.5, 0.6) is 5.88 Å². The molecule has 0 amide bonds. The molecular weight excluding hydrogens is 330 g/mol. The Morgan fingerprint density at radius 3 is 2.42 bits per heavy atom. The van der Waals surface area contributed by atoms with Gasteiger partial charge in [-0.25, -0.2) is 0 Å². The molecule has 1 rings (SSSR count). The van der Waals surface area contributed by atoms with E-state index in [9.17, 15) is 4.79 Å². The number of Topliss-reactive ketones (excluding diaryl/α,β-unsaturated/α-hetero) is 1. The lowest BCUT2D eigenvalue weighted by molar-refractivity contribution is -0.112. The standard InChI is InChI=1S/C19H27N5O2/c1-11(2)15(21)8-7-13(5)19(25)18(14(6)20)24-16-9-22-10-17(23-16)26-12(3)4/h7-10,12H,1,20-21H2,2-6H3,(H,23,24)/b13-7+,15-8+,18-14+. The third-order valence-corrected chi connectivity index (χ3v) is 3.21. The van der Waals surface area contributed by atoms with Gasteiger partial charge in [0, 0.05) is 11.4 Å². The first-order chi connectivity index (χ1) is 12.1. The van der Waals surface area contributed by atoms with Gasteiger partial charge < -0.3 is 21.5 Å². The van der Waals surface area contributed by atoms with Crippen molar-refractivity contribution in [2.75, 3.05) is 5.32 Å². The number of carbonyl (C=O) groups is 1. The van der Waals surface area contributed by atoms with Crippen molar-refractivity contribution in [1.82, 2.24) is 9.97 Å². The van der Waals surface area contributed by atoms with Crippen LogP contribution in [0.4, 0.5) is 5.82 Å². The zero-order valence-electron chi connectivity index (χ0n) is 16.0. The van der Waals surface area contributed by atoms with E-state index in [2.05, 4.69) is 21.9 Å². The molecule has 5 N–H and O–H groups in total. The molecule has 0 aromatic carbocycles. The molecule has 0 fully saturated rings. The van der Waals surface area contributed by atoms with Crippen molar-refractivity contribution in [1.29, 1.82) is 0 Å². The van der Waals surface area contributed by atoms with Gasteiger partial charge in [-0.1, -0.05) is 12.7 Å². The van der Waals surface area contributed by atoms with Gasteiger partial charge in [0.1, 0.15) is 5.70 Å². The molecule has 0 saturated carbocycles. The van der Waals surface area contributed by atoms with E-state index in [0.717, 1.165) is 5.57 Å². The van der Waals surface area contributed by atoms with Crippen LogP contribution in [0.25, 0.3) is 0 Å². The molecule has 1 aromatic heterocycles. The Morgan fingerprint density at radius 2 is 1.88 bits per heavy atom. The number of rotatable bonds is 8. The summed E-state index contributed by atoms with van der Waals surface area (Å²) in [6.07, 6.45) is 6.21. The van der Waals surface area contributed by atoms with Gasteiger partial charge in [-0.3, -0.25) is 9.78 Å². The molecule has 140 valence electrons. The summed E-state index contributed by atoms with van der Waals surface area (Å²) < 4.78 is 5.51. The van der Waals surface area contributed by atoms with Crippen LogP contribution in [0.15, 0.2) is 59.4 Å². The van der Waals surface area contributed by atoms with Gasteiger partial charge in [0.15, 0.2) is 5.82 Å². The fourth-order valence-electron chi connectivity index (χ4n) is 1.80. The lowest BCUT2D eigenvalue weighted by atomic mass is 10.1. The highest BCUT2D eigenvalue weighted by Crippen LogP contribution is 2.16. The number of ketones is 1. The van der Waals surface area contributed by atoms with Crippen LogP contribution in [-0.2, 0) is 4.79 Å². The first-order valence-corrected chi connectivity index (χ1v) is 8.18. The Morgan fingerprint density at radius 1 is 1.23 bits per heavy atom. The molecular formula is C19H27N5O2. The third kappa shape index (κ3) is 6.43. The number of allylic oxidation sites excluding steroid dienone is 5. The maximum atomic E-state index is 12.7. The topological polar surface area (TPSA) is 116 Å². The van der Waals surface area contributed by atoms with Crippen molar-refractivity contribution in [3.63, 3.8) is 0 Å². The predicted molar refractivity (Wildman–Crippen MR) is 104 cm³/mol. The Labute approximate surface area is 154 Å². The van der Waals surface area contributed by atoms with Gasteiger partial charge in [-0.05, 0) is 51.8 Å². The Hall–Kier alpha value is -3.09. The maximum Gasteiger partial charge on any atom is 0.234 e. The van der Waals surface area contributed by atoms with Crippen molar-refractivity contribution >= 4 is 11.6 Å². The Bertz CT molecular complexity index is 772. The van der Waals surface area contributed by atoms with Crippen LogP contribution in [0, 0.1) is 0 Å². The zero-order chi connectivity index (χ0) is 19.9. The number of carbonyl (C=O) groups excluding carboxylic acids is 1. The number of aromatic nitrogens is 2. The Kier molecular flexibility index (Phi) is 7.58. The molecule has 7 heteroatoms. The van der Waals surface area contributed by atoms with E-state index < -0.39 is 0 Å². The van der Waals surface area contributed by atoms with Crippen molar-refractivity contribution in [2.45, 2.75) is 40.7 Å². The minimum Gasteiger partial charge on any atom is -0.474 e. The van der Waals surface area contributed by atoms with Crippen molar-refractivity contribution < 1.29 is 9.53 Å². The van der Waals surface area contributed by atoms with Gasteiger partial charge in [0.2, 0.25) is 11.7 Å². The van der Waals surface area contributed by atoms with Crippen LogP contribution >= 0.6 is 0 Å². The average Bonchev–Trinajstić information content (AvgIpc) is 2.55. The molecule has 0 unspecified atom stereocenters. The van der Waals surface area contributed by atoms with Gasteiger partial charge >= 0.3 is 0 Å². The summed E-state index contributed by atoms with van der Waals surface area (Å²) in [5, 5.41) is 2.92. The molecule has 7 nitrogen and oxygen atoms in total. The zero-order valence-corrected chi connectivity index (χ0v) is 16.0. The normalized spacial score (nSPS) is 13.3. The summed E-state index contributed by atoms with van der Waals surface area (Å²) in [5.41, 5.74) is 13.9. The highest BCUT2D eigenvalue weighted by molar-refractivity contribution is 6.10. The summed E-state index contributed by atoms with van der Waals surface area (Å²) in [7, 11) is 0. The first kappa shape index (κ1) is 21.0. The molecule has 0 aliphatic heterocycles. The number of nitrogens with zero attached hydrogens (tertiary/aromatic N) is 2. The van der Waals surface area contributed by atoms with Gasteiger partial charge in [0.25, 0.3) is 0 Å². The molecule has 0 spiro atoms. The minimum absolute atomic E-state index is 0.0387. The molecule has 0 radical (unpaired) electrons. The van der Waals surface area contributed by atoms with E-state index >= 15 is 0 Å². The van der Waals surface area contributed by atoms with Gasteiger partial charge in [-0.2, -0.15) is 4.98 Å². The number of hydrogen-bond acceptors (Lipinski definition) is 7. The second-order valence-corrected chi connectivity index (χ2v) is 6.17. The monoisotopic (exact) mass is 357 g/mol. The van der Waals surface area contributed by atoms with Crippen LogP contribution < -0.4 is 21.5 Å². The predicted octanol–water partition coefficient (Wildman–Crippen LogP) is 2.80. The van der Waals surface area contributed by atoms with Crippen LogP contribution in [0.3, 0.4) is 0 Å². The van der Waals surface area contributed by atoms with Crippen LogP contribution in [-0.4, -0.2) is 21.9 Å². The SMILES string of the molecule is C=C(C)/C(N)=C\C=C(/C)C(=O)/C(Nc1cncc(OC(C)C)n1)=C(/C)N. The highest BCUT2D eigenvalue weighted by atomic mass is 16.5. The van der Waals surface area contributed by atoms with Gasteiger partial charge in [0.05, 0.1) is 18.5 Å². The van der Waals surface area contributed by atoms with E-state index in [1.54, 1.807) is 32.9 Å². The van der Waals surface area contributed by atoms with Crippen molar-refractivity contribution in [3.8, 4) is 5.88 Å². The molecule has 0 atom stereocenters. The summed E-state index contributed by atoms with van der Waals surface area (Å²) in [6.45, 7) is 12.6. The Balaban J connectivity index is 3.06. The maximum absolute atomic E-state index is 12.7.